The third-order valence-corrected chi connectivity index (χ3v) is 4.81. The molecule has 0 radical (unpaired) electrons. The Balaban J connectivity index is 1.52. The summed E-state index contributed by atoms with van der Waals surface area (Å²) in [5.74, 6) is 0.162. The first kappa shape index (κ1) is 17.7. The average molecular weight is 346 g/mol. The van der Waals surface area contributed by atoms with Crippen molar-refractivity contribution < 1.29 is 14.3 Å². The zero-order chi connectivity index (χ0) is 17.6. The molecule has 7 nitrogen and oxygen atoms in total. The Hall–Kier alpha value is -2.12. The average Bonchev–Trinajstić information content (AvgIpc) is 2.68. The molecule has 0 aliphatic carbocycles. The van der Waals surface area contributed by atoms with Crippen LogP contribution in [-0.2, 0) is 9.53 Å². The molecule has 0 saturated carbocycles. The monoisotopic (exact) mass is 346 g/mol. The number of carbonyl (C=O) groups is 2. The molecule has 2 heterocycles. The minimum atomic E-state index is 0.0187. The highest BCUT2D eigenvalue weighted by atomic mass is 16.5. The summed E-state index contributed by atoms with van der Waals surface area (Å²) in [5.41, 5.74) is 1.51. The SMILES string of the molecule is CNc1ccccc1C(=O)N1CCN(C(=O)CN2CCOCC2)CC1. The van der Waals surface area contributed by atoms with E-state index in [-0.39, 0.29) is 11.8 Å². The Bertz CT molecular complexity index is 608. The number of piperazine rings is 1. The lowest BCUT2D eigenvalue weighted by molar-refractivity contribution is -0.134. The third-order valence-electron chi connectivity index (χ3n) is 4.81. The number of morpholine rings is 1. The quantitative estimate of drug-likeness (QED) is 0.852. The predicted molar refractivity (Wildman–Crippen MR) is 95.7 cm³/mol. The molecule has 0 unspecified atom stereocenters. The van der Waals surface area contributed by atoms with E-state index >= 15 is 0 Å². The first-order chi connectivity index (χ1) is 12.2. The van der Waals surface area contributed by atoms with Crippen molar-refractivity contribution in [2.45, 2.75) is 0 Å². The van der Waals surface area contributed by atoms with Crippen molar-refractivity contribution >= 4 is 17.5 Å². The number of hydrogen-bond donors (Lipinski definition) is 1. The summed E-state index contributed by atoms with van der Waals surface area (Å²) in [7, 11) is 1.81. The van der Waals surface area contributed by atoms with Crippen LogP contribution in [-0.4, -0.2) is 92.6 Å². The van der Waals surface area contributed by atoms with E-state index in [2.05, 4.69) is 10.2 Å². The minimum absolute atomic E-state index is 0.0187. The van der Waals surface area contributed by atoms with Gasteiger partial charge in [-0.15, -0.1) is 0 Å². The number of nitrogens with one attached hydrogen (secondary N) is 1. The summed E-state index contributed by atoms with van der Waals surface area (Å²) in [5, 5.41) is 3.06. The molecule has 2 aliphatic rings. The molecule has 136 valence electrons. The number of rotatable bonds is 4. The molecule has 0 aromatic heterocycles. The minimum Gasteiger partial charge on any atom is -0.387 e. The van der Waals surface area contributed by atoms with Crippen LogP contribution in [0.1, 0.15) is 10.4 Å². The predicted octanol–water partition coefficient (Wildman–Crippen LogP) is 0.345. The number of nitrogens with zero attached hydrogens (tertiary/aromatic N) is 3. The van der Waals surface area contributed by atoms with Crippen molar-refractivity contribution in [2.75, 3.05) is 71.4 Å². The Labute approximate surface area is 148 Å². The van der Waals surface area contributed by atoms with Gasteiger partial charge >= 0.3 is 0 Å². The third kappa shape index (κ3) is 4.29. The topological polar surface area (TPSA) is 65.1 Å². The first-order valence-corrected chi connectivity index (χ1v) is 8.83. The summed E-state index contributed by atoms with van der Waals surface area (Å²) in [6.07, 6.45) is 0. The van der Waals surface area contributed by atoms with E-state index in [9.17, 15) is 9.59 Å². The molecule has 25 heavy (non-hydrogen) atoms. The Kier molecular flexibility index (Phi) is 5.88. The maximum absolute atomic E-state index is 12.7. The van der Waals surface area contributed by atoms with Crippen LogP contribution < -0.4 is 5.32 Å². The van der Waals surface area contributed by atoms with Gasteiger partial charge in [0.05, 0.1) is 25.3 Å². The largest absolute Gasteiger partial charge is 0.387 e. The summed E-state index contributed by atoms with van der Waals surface area (Å²) in [6.45, 7) is 5.79. The lowest BCUT2D eigenvalue weighted by Gasteiger charge is -2.36. The van der Waals surface area contributed by atoms with Crippen LogP contribution in [0.5, 0.6) is 0 Å². The number of carbonyl (C=O) groups excluding carboxylic acids is 2. The van der Waals surface area contributed by atoms with Gasteiger partial charge in [-0.3, -0.25) is 14.5 Å². The molecule has 1 aromatic carbocycles. The van der Waals surface area contributed by atoms with Crippen molar-refractivity contribution in [1.29, 1.82) is 0 Å². The van der Waals surface area contributed by atoms with E-state index in [1.165, 1.54) is 0 Å². The molecule has 3 rings (SSSR count). The normalized spacial score (nSPS) is 18.9. The fraction of sp³-hybridized carbons (Fsp3) is 0.556. The second kappa shape index (κ2) is 8.31. The number of hydrogen-bond acceptors (Lipinski definition) is 5. The lowest BCUT2D eigenvalue weighted by atomic mass is 10.1. The molecule has 0 spiro atoms. The van der Waals surface area contributed by atoms with Crippen LogP contribution >= 0.6 is 0 Å². The van der Waals surface area contributed by atoms with Crippen LogP contribution in [0.25, 0.3) is 0 Å². The Morgan fingerprint density at radius 1 is 1.00 bits per heavy atom. The molecule has 7 heteroatoms. The van der Waals surface area contributed by atoms with E-state index in [1.807, 2.05) is 41.1 Å². The molecular weight excluding hydrogens is 320 g/mol. The number of anilines is 1. The second-order valence-electron chi connectivity index (χ2n) is 6.36. The zero-order valence-electron chi connectivity index (χ0n) is 14.7. The first-order valence-electron chi connectivity index (χ1n) is 8.83. The molecule has 2 fully saturated rings. The number of ether oxygens (including phenoxy) is 1. The Morgan fingerprint density at radius 2 is 1.64 bits per heavy atom. The molecular formula is C18H26N4O3. The summed E-state index contributed by atoms with van der Waals surface area (Å²) < 4.78 is 5.31. The van der Waals surface area contributed by atoms with E-state index in [0.717, 1.165) is 18.8 Å². The van der Waals surface area contributed by atoms with Crippen LogP contribution in [0, 0.1) is 0 Å². The summed E-state index contributed by atoms with van der Waals surface area (Å²) in [6, 6.07) is 7.51. The van der Waals surface area contributed by atoms with Gasteiger partial charge in [0.1, 0.15) is 0 Å². The molecule has 1 N–H and O–H groups in total. The van der Waals surface area contributed by atoms with Crippen molar-refractivity contribution in [1.82, 2.24) is 14.7 Å². The molecule has 2 amide bonds. The highest BCUT2D eigenvalue weighted by Gasteiger charge is 2.27. The van der Waals surface area contributed by atoms with Crippen LogP contribution in [0.15, 0.2) is 24.3 Å². The smallest absolute Gasteiger partial charge is 0.256 e. The van der Waals surface area contributed by atoms with Crippen LogP contribution in [0.2, 0.25) is 0 Å². The van der Waals surface area contributed by atoms with Gasteiger partial charge in [-0.2, -0.15) is 0 Å². The highest BCUT2D eigenvalue weighted by Crippen LogP contribution is 2.17. The second-order valence-corrected chi connectivity index (χ2v) is 6.36. The van der Waals surface area contributed by atoms with Gasteiger partial charge in [0.15, 0.2) is 0 Å². The molecule has 2 aliphatic heterocycles. The molecule has 0 bridgehead atoms. The van der Waals surface area contributed by atoms with E-state index in [4.69, 9.17) is 4.74 Å². The highest BCUT2D eigenvalue weighted by molar-refractivity contribution is 5.99. The van der Waals surface area contributed by atoms with E-state index in [1.54, 1.807) is 0 Å². The van der Waals surface area contributed by atoms with Gasteiger partial charge in [-0.05, 0) is 12.1 Å². The number of amides is 2. The van der Waals surface area contributed by atoms with Crippen molar-refractivity contribution in [2.24, 2.45) is 0 Å². The van der Waals surface area contributed by atoms with Crippen LogP contribution in [0.4, 0.5) is 5.69 Å². The van der Waals surface area contributed by atoms with Crippen molar-refractivity contribution in [3.05, 3.63) is 29.8 Å². The summed E-state index contributed by atoms with van der Waals surface area (Å²) >= 11 is 0. The zero-order valence-corrected chi connectivity index (χ0v) is 14.7. The lowest BCUT2D eigenvalue weighted by Crippen LogP contribution is -2.53. The maximum atomic E-state index is 12.7. The van der Waals surface area contributed by atoms with Crippen molar-refractivity contribution in [3.8, 4) is 0 Å². The number of benzene rings is 1. The van der Waals surface area contributed by atoms with Gasteiger partial charge in [0, 0.05) is 52.0 Å². The fourth-order valence-corrected chi connectivity index (χ4v) is 3.27. The maximum Gasteiger partial charge on any atom is 0.256 e. The van der Waals surface area contributed by atoms with Gasteiger partial charge in [-0.25, -0.2) is 0 Å². The molecule has 2 saturated heterocycles. The standard InChI is InChI=1S/C18H26N4O3/c1-19-16-5-3-2-4-15(16)18(24)22-8-6-21(7-9-22)17(23)14-20-10-12-25-13-11-20/h2-5,19H,6-14H2,1H3. The van der Waals surface area contributed by atoms with Crippen LogP contribution in [0.3, 0.4) is 0 Å². The van der Waals surface area contributed by atoms with E-state index < -0.39 is 0 Å². The summed E-state index contributed by atoms with van der Waals surface area (Å²) in [4.78, 5) is 31.0. The van der Waals surface area contributed by atoms with E-state index in [0.29, 0.717) is 51.5 Å². The fourth-order valence-electron chi connectivity index (χ4n) is 3.27. The van der Waals surface area contributed by atoms with Gasteiger partial charge in [0.2, 0.25) is 5.91 Å². The molecule has 0 atom stereocenters. The van der Waals surface area contributed by atoms with Gasteiger partial charge in [-0.1, -0.05) is 12.1 Å². The van der Waals surface area contributed by atoms with Gasteiger partial charge in [0.25, 0.3) is 5.91 Å². The van der Waals surface area contributed by atoms with Crippen molar-refractivity contribution in [3.63, 3.8) is 0 Å². The number of para-hydroxylation sites is 1. The van der Waals surface area contributed by atoms with Gasteiger partial charge < -0.3 is 19.9 Å². The Morgan fingerprint density at radius 3 is 2.32 bits per heavy atom. The molecule has 1 aromatic rings.